The maximum Gasteiger partial charge on any atom is 0.0589 e. The van der Waals surface area contributed by atoms with Crippen molar-refractivity contribution >= 4 is 0 Å². The molecule has 4 nitrogen and oxygen atoms in total. The van der Waals surface area contributed by atoms with E-state index in [9.17, 15) is 0 Å². The Morgan fingerprint density at radius 1 is 1.06 bits per heavy atom. The van der Waals surface area contributed by atoms with E-state index in [1.807, 2.05) is 0 Å². The van der Waals surface area contributed by atoms with Crippen LogP contribution in [0.5, 0.6) is 0 Å². The number of nitrogens with one attached hydrogen (secondary N) is 1. The fourth-order valence-electron chi connectivity index (χ4n) is 1.71. The molecule has 0 fully saturated rings. The Morgan fingerprint density at radius 2 is 1.76 bits per heavy atom. The summed E-state index contributed by atoms with van der Waals surface area (Å²) in [5.74, 6) is 0. The minimum absolute atomic E-state index is 0.630. The van der Waals surface area contributed by atoms with Gasteiger partial charge in [0, 0.05) is 46.5 Å². The first-order valence-electron chi connectivity index (χ1n) is 6.68. The topological polar surface area (TPSA) is 33.7 Å². The van der Waals surface area contributed by atoms with Crippen molar-refractivity contribution in [3.63, 3.8) is 0 Å². The van der Waals surface area contributed by atoms with E-state index < -0.39 is 0 Å². The first-order chi connectivity index (χ1) is 8.26. The van der Waals surface area contributed by atoms with Gasteiger partial charge in [0.1, 0.15) is 0 Å². The second kappa shape index (κ2) is 12.3. The normalized spacial score (nSPS) is 13.2. The molecule has 0 aliphatic carbocycles. The second-order valence-corrected chi connectivity index (χ2v) is 4.38. The van der Waals surface area contributed by atoms with Crippen molar-refractivity contribution in [3.05, 3.63) is 0 Å². The van der Waals surface area contributed by atoms with Crippen molar-refractivity contribution in [1.29, 1.82) is 0 Å². The van der Waals surface area contributed by atoms with Crippen LogP contribution in [0.4, 0.5) is 0 Å². The SMILES string of the molecule is CCC(C)N(CCNCCCOC)CCOC. The molecule has 0 aromatic heterocycles. The van der Waals surface area contributed by atoms with Gasteiger partial charge in [0.2, 0.25) is 0 Å². The number of hydrogen-bond acceptors (Lipinski definition) is 4. The zero-order valence-electron chi connectivity index (χ0n) is 12.0. The highest BCUT2D eigenvalue weighted by molar-refractivity contribution is 4.66. The lowest BCUT2D eigenvalue weighted by molar-refractivity contribution is 0.123. The Morgan fingerprint density at radius 3 is 2.35 bits per heavy atom. The Bertz CT molecular complexity index is 156. The smallest absolute Gasteiger partial charge is 0.0589 e. The third kappa shape index (κ3) is 9.53. The number of nitrogens with zero attached hydrogens (tertiary/aromatic N) is 1. The molecule has 0 aliphatic rings. The lowest BCUT2D eigenvalue weighted by atomic mass is 10.2. The summed E-state index contributed by atoms with van der Waals surface area (Å²) in [5.41, 5.74) is 0. The van der Waals surface area contributed by atoms with Gasteiger partial charge in [-0.15, -0.1) is 0 Å². The highest BCUT2D eigenvalue weighted by Gasteiger charge is 2.10. The van der Waals surface area contributed by atoms with Gasteiger partial charge in [0.15, 0.2) is 0 Å². The van der Waals surface area contributed by atoms with Crippen molar-refractivity contribution < 1.29 is 9.47 Å². The van der Waals surface area contributed by atoms with Gasteiger partial charge >= 0.3 is 0 Å². The van der Waals surface area contributed by atoms with E-state index in [1.165, 1.54) is 6.42 Å². The van der Waals surface area contributed by atoms with Crippen LogP contribution in [0.3, 0.4) is 0 Å². The third-order valence-electron chi connectivity index (χ3n) is 3.07. The van der Waals surface area contributed by atoms with Crippen molar-refractivity contribution in [3.8, 4) is 0 Å². The van der Waals surface area contributed by atoms with Gasteiger partial charge in [-0.1, -0.05) is 6.92 Å². The average molecular weight is 246 g/mol. The molecule has 0 spiro atoms. The summed E-state index contributed by atoms with van der Waals surface area (Å²) in [6.45, 7) is 10.3. The quantitative estimate of drug-likeness (QED) is 0.527. The van der Waals surface area contributed by atoms with Crippen LogP contribution in [-0.2, 0) is 9.47 Å². The van der Waals surface area contributed by atoms with Gasteiger partial charge in [-0.25, -0.2) is 0 Å². The molecule has 0 bridgehead atoms. The maximum atomic E-state index is 5.15. The van der Waals surface area contributed by atoms with Gasteiger partial charge in [0.25, 0.3) is 0 Å². The molecular weight excluding hydrogens is 216 g/mol. The molecule has 0 aliphatic heterocycles. The number of hydrogen-bond donors (Lipinski definition) is 1. The van der Waals surface area contributed by atoms with Crippen molar-refractivity contribution in [2.45, 2.75) is 32.7 Å². The van der Waals surface area contributed by atoms with Gasteiger partial charge in [-0.2, -0.15) is 0 Å². The van der Waals surface area contributed by atoms with Crippen LogP contribution in [0.25, 0.3) is 0 Å². The van der Waals surface area contributed by atoms with Gasteiger partial charge in [0.05, 0.1) is 6.61 Å². The molecule has 17 heavy (non-hydrogen) atoms. The molecule has 0 saturated heterocycles. The van der Waals surface area contributed by atoms with Gasteiger partial charge in [-0.3, -0.25) is 4.90 Å². The molecule has 0 amide bonds. The molecule has 0 aromatic carbocycles. The van der Waals surface area contributed by atoms with Crippen LogP contribution in [0.2, 0.25) is 0 Å². The van der Waals surface area contributed by atoms with Crippen LogP contribution >= 0.6 is 0 Å². The first-order valence-corrected chi connectivity index (χ1v) is 6.68. The summed E-state index contributed by atoms with van der Waals surface area (Å²) in [6.07, 6.45) is 2.27. The molecular formula is C13H30N2O2. The molecule has 0 radical (unpaired) electrons. The van der Waals surface area contributed by atoms with E-state index in [-0.39, 0.29) is 0 Å². The van der Waals surface area contributed by atoms with E-state index in [1.54, 1.807) is 14.2 Å². The summed E-state index contributed by atoms with van der Waals surface area (Å²) in [5, 5.41) is 3.44. The summed E-state index contributed by atoms with van der Waals surface area (Å²) < 4.78 is 10.2. The van der Waals surface area contributed by atoms with Crippen LogP contribution in [0, 0.1) is 0 Å². The summed E-state index contributed by atoms with van der Waals surface area (Å²) >= 11 is 0. The zero-order chi connectivity index (χ0) is 12.9. The van der Waals surface area contributed by atoms with E-state index in [4.69, 9.17) is 9.47 Å². The van der Waals surface area contributed by atoms with Crippen LogP contribution in [-0.4, -0.2) is 64.6 Å². The molecule has 0 saturated carbocycles. The third-order valence-corrected chi connectivity index (χ3v) is 3.07. The van der Waals surface area contributed by atoms with E-state index in [2.05, 4.69) is 24.1 Å². The molecule has 1 atom stereocenters. The standard InChI is InChI=1S/C13H30N2O2/c1-5-13(2)15(10-12-17-4)9-8-14-7-6-11-16-3/h13-14H,5-12H2,1-4H3. The molecule has 0 heterocycles. The lowest BCUT2D eigenvalue weighted by Crippen LogP contribution is -2.40. The second-order valence-electron chi connectivity index (χ2n) is 4.38. The minimum Gasteiger partial charge on any atom is -0.385 e. The molecule has 0 rings (SSSR count). The van der Waals surface area contributed by atoms with Crippen LogP contribution in [0.1, 0.15) is 26.7 Å². The highest BCUT2D eigenvalue weighted by Crippen LogP contribution is 2.02. The van der Waals surface area contributed by atoms with Crippen molar-refractivity contribution in [1.82, 2.24) is 10.2 Å². The van der Waals surface area contributed by atoms with Gasteiger partial charge in [-0.05, 0) is 26.3 Å². The molecule has 4 heteroatoms. The highest BCUT2D eigenvalue weighted by atomic mass is 16.5. The Hall–Kier alpha value is -0.160. The monoisotopic (exact) mass is 246 g/mol. The number of ether oxygens (including phenoxy) is 2. The van der Waals surface area contributed by atoms with E-state index >= 15 is 0 Å². The Balaban J connectivity index is 3.60. The zero-order valence-corrected chi connectivity index (χ0v) is 12.0. The number of rotatable bonds is 12. The molecule has 1 N–H and O–H groups in total. The largest absolute Gasteiger partial charge is 0.385 e. The summed E-state index contributed by atoms with van der Waals surface area (Å²) in [4.78, 5) is 2.48. The molecule has 1 unspecified atom stereocenters. The number of methoxy groups -OCH3 is 2. The summed E-state index contributed by atoms with van der Waals surface area (Å²) in [7, 11) is 3.51. The van der Waals surface area contributed by atoms with Crippen LogP contribution < -0.4 is 5.32 Å². The Kier molecular flexibility index (Phi) is 12.2. The van der Waals surface area contributed by atoms with E-state index in [0.717, 1.165) is 45.8 Å². The lowest BCUT2D eigenvalue weighted by Gasteiger charge is -2.28. The van der Waals surface area contributed by atoms with Crippen LogP contribution in [0.15, 0.2) is 0 Å². The first kappa shape index (κ1) is 16.8. The fourth-order valence-corrected chi connectivity index (χ4v) is 1.71. The fraction of sp³-hybridized carbons (Fsp3) is 1.00. The summed E-state index contributed by atoms with van der Waals surface area (Å²) in [6, 6.07) is 0.630. The molecule has 0 aromatic rings. The Labute approximate surface area is 107 Å². The maximum absolute atomic E-state index is 5.15. The minimum atomic E-state index is 0.630. The average Bonchev–Trinajstić information content (AvgIpc) is 2.36. The van der Waals surface area contributed by atoms with Gasteiger partial charge < -0.3 is 14.8 Å². The van der Waals surface area contributed by atoms with E-state index in [0.29, 0.717) is 6.04 Å². The molecule has 104 valence electrons. The van der Waals surface area contributed by atoms with Crippen molar-refractivity contribution in [2.24, 2.45) is 0 Å². The predicted molar refractivity (Wildman–Crippen MR) is 72.6 cm³/mol. The predicted octanol–water partition coefficient (Wildman–Crippen LogP) is 1.36. The van der Waals surface area contributed by atoms with Crippen molar-refractivity contribution in [2.75, 3.05) is 53.6 Å².